The van der Waals surface area contributed by atoms with Crippen molar-refractivity contribution in [3.8, 4) is 0 Å². The number of anilines is 1. The fraction of sp³-hybridized carbons (Fsp3) is 0. The van der Waals surface area contributed by atoms with Gasteiger partial charge in [0.1, 0.15) is 0 Å². The Balaban J connectivity index is 2.28. The molecule has 1 aromatic carbocycles. The second-order valence-corrected chi connectivity index (χ2v) is 5.39. The summed E-state index contributed by atoms with van der Waals surface area (Å²) >= 11 is 0.736. The van der Waals surface area contributed by atoms with Gasteiger partial charge in [-0.1, -0.05) is 29.5 Å². The molecule has 7 heteroatoms. The molecule has 0 aliphatic heterocycles. The molecule has 84 valence electrons. The lowest BCUT2D eigenvalue weighted by molar-refractivity contribution is 0.600. The normalized spacial score (nSPS) is 11.3. The van der Waals surface area contributed by atoms with Crippen molar-refractivity contribution >= 4 is 27.2 Å². The first-order chi connectivity index (χ1) is 7.58. The second kappa shape index (κ2) is 4.18. The lowest BCUT2D eigenvalue weighted by Crippen LogP contribution is -2.12. The summed E-state index contributed by atoms with van der Waals surface area (Å²) in [5, 5.41) is 0.626. The fourth-order valence-electron chi connectivity index (χ4n) is 1.09. The Bertz CT molecular complexity index is 581. The van der Waals surface area contributed by atoms with E-state index in [4.69, 9.17) is 0 Å². The molecule has 0 radical (unpaired) electrons. The minimum Gasteiger partial charge on any atom is -0.263 e. The van der Waals surface area contributed by atoms with Gasteiger partial charge in [0, 0.05) is 5.38 Å². The Morgan fingerprint density at radius 2 is 1.94 bits per heavy atom. The van der Waals surface area contributed by atoms with Crippen LogP contribution in [0, 0.1) is 5.26 Å². The Hall–Kier alpha value is -1.47. The number of nitrogens with zero attached hydrogens (tertiary/aromatic N) is 1. The molecule has 0 saturated heterocycles. The van der Waals surface area contributed by atoms with E-state index in [1.165, 1.54) is 17.5 Å². The quantitative estimate of drug-likeness (QED) is 0.917. The Morgan fingerprint density at radius 3 is 2.50 bits per heavy atom. The van der Waals surface area contributed by atoms with E-state index in [0.29, 0.717) is 0 Å². The van der Waals surface area contributed by atoms with Gasteiger partial charge in [-0.2, -0.15) is 9.37 Å². The van der Waals surface area contributed by atoms with Gasteiger partial charge in [0.15, 0.2) is 5.82 Å². The minimum absolute atomic E-state index is 0.00801. The van der Waals surface area contributed by atoms with Crippen molar-refractivity contribution in [2.75, 3.05) is 4.72 Å². The summed E-state index contributed by atoms with van der Waals surface area (Å²) in [6, 6.07) is 7.82. The van der Waals surface area contributed by atoms with Gasteiger partial charge in [-0.3, -0.25) is 4.72 Å². The summed E-state index contributed by atoms with van der Waals surface area (Å²) in [6.07, 6.45) is 0. The molecule has 1 heterocycles. The van der Waals surface area contributed by atoms with Crippen LogP contribution in [0.25, 0.3) is 0 Å². The van der Waals surface area contributed by atoms with Crippen molar-refractivity contribution in [2.24, 2.45) is 0 Å². The summed E-state index contributed by atoms with van der Waals surface area (Å²) in [7, 11) is -3.67. The molecule has 0 bridgehead atoms. The van der Waals surface area contributed by atoms with Crippen LogP contribution < -0.4 is 4.72 Å². The smallest absolute Gasteiger partial charge is 0.263 e. The molecule has 0 aliphatic carbocycles. The number of sulfonamides is 1. The summed E-state index contributed by atoms with van der Waals surface area (Å²) in [6.45, 7) is 0. The van der Waals surface area contributed by atoms with Crippen LogP contribution >= 0.6 is 11.3 Å². The van der Waals surface area contributed by atoms with Crippen LogP contribution in [0.4, 0.5) is 10.2 Å². The van der Waals surface area contributed by atoms with Crippen LogP contribution in [0.2, 0.25) is 0 Å². The first-order valence-corrected chi connectivity index (χ1v) is 6.63. The van der Waals surface area contributed by atoms with Gasteiger partial charge in [0.25, 0.3) is 15.3 Å². The highest BCUT2D eigenvalue weighted by atomic mass is 32.2. The third kappa shape index (κ3) is 2.37. The van der Waals surface area contributed by atoms with E-state index in [-0.39, 0.29) is 10.7 Å². The molecule has 0 spiro atoms. The zero-order valence-electron chi connectivity index (χ0n) is 7.92. The summed E-state index contributed by atoms with van der Waals surface area (Å²) < 4.78 is 38.2. The molecule has 16 heavy (non-hydrogen) atoms. The number of nitrogens with one attached hydrogen (secondary N) is 1. The molecule has 2 rings (SSSR count). The highest BCUT2D eigenvalue weighted by molar-refractivity contribution is 7.92. The third-order valence-electron chi connectivity index (χ3n) is 1.77. The number of thiazole rings is 1. The van der Waals surface area contributed by atoms with E-state index >= 15 is 0 Å². The highest BCUT2D eigenvalue weighted by Gasteiger charge is 2.14. The van der Waals surface area contributed by atoms with E-state index < -0.39 is 15.3 Å². The minimum atomic E-state index is -3.67. The molecule has 4 nitrogen and oxygen atoms in total. The highest BCUT2D eigenvalue weighted by Crippen LogP contribution is 2.17. The van der Waals surface area contributed by atoms with Crippen molar-refractivity contribution in [2.45, 2.75) is 4.90 Å². The average Bonchev–Trinajstić information content (AvgIpc) is 2.64. The Kier molecular flexibility index (Phi) is 2.88. The average molecular weight is 258 g/mol. The first-order valence-electron chi connectivity index (χ1n) is 4.27. The van der Waals surface area contributed by atoms with Gasteiger partial charge in [0.2, 0.25) is 0 Å². The first kappa shape index (κ1) is 11.0. The van der Waals surface area contributed by atoms with Crippen LogP contribution in [0.3, 0.4) is 0 Å². The third-order valence-corrected chi connectivity index (χ3v) is 3.77. The predicted octanol–water partition coefficient (Wildman–Crippen LogP) is 2.08. The molecule has 1 aromatic heterocycles. The molecule has 0 aliphatic rings. The van der Waals surface area contributed by atoms with Crippen molar-refractivity contribution in [3.63, 3.8) is 0 Å². The summed E-state index contributed by atoms with van der Waals surface area (Å²) in [5.41, 5.74) is 0. The number of rotatable bonds is 3. The molecule has 0 atom stereocenters. The molecule has 0 fully saturated rings. The van der Waals surface area contributed by atoms with Crippen LogP contribution in [-0.4, -0.2) is 13.4 Å². The maximum Gasteiger partial charge on any atom is 0.270 e. The van der Waals surface area contributed by atoms with Gasteiger partial charge < -0.3 is 0 Å². The van der Waals surface area contributed by atoms with E-state index in [2.05, 4.69) is 9.71 Å². The molecule has 0 saturated carbocycles. The molecular formula is C9H7FN2O2S2. The number of hydrogen-bond donors (Lipinski definition) is 1. The zero-order valence-corrected chi connectivity index (χ0v) is 9.56. The topological polar surface area (TPSA) is 59.1 Å². The number of aromatic nitrogens is 1. The van der Waals surface area contributed by atoms with Crippen LogP contribution in [0.1, 0.15) is 0 Å². The van der Waals surface area contributed by atoms with Gasteiger partial charge in [0.05, 0.1) is 4.90 Å². The Morgan fingerprint density at radius 1 is 1.25 bits per heavy atom. The lowest BCUT2D eigenvalue weighted by Gasteiger charge is -2.04. The monoisotopic (exact) mass is 258 g/mol. The van der Waals surface area contributed by atoms with E-state index in [1.54, 1.807) is 18.2 Å². The second-order valence-electron chi connectivity index (χ2n) is 2.90. The van der Waals surface area contributed by atoms with Gasteiger partial charge in [-0.05, 0) is 12.1 Å². The molecule has 2 aromatic rings. The molecule has 0 amide bonds. The lowest BCUT2D eigenvalue weighted by atomic mass is 10.4. The van der Waals surface area contributed by atoms with Gasteiger partial charge in [-0.15, -0.1) is 0 Å². The van der Waals surface area contributed by atoms with Crippen molar-refractivity contribution < 1.29 is 12.8 Å². The summed E-state index contributed by atoms with van der Waals surface area (Å²) in [5.74, 6) is -0.00801. The van der Waals surface area contributed by atoms with Gasteiger partial charge >= 0.3 is 0 Å². The van der Waals surface area contributed by atoms with E-state index in [1.807, 2.05) is 0 Å². The number of halogens is 1. The van der Waals surface area contributed by atoms with Gasteiger partial charge in [-0.25, -0.2) is 8.42 Å². The van der Waals surface area contributed by atoms with Crippen molar-refractivity contribution in [3.05, 3.63) is 41.0 Å². The Labute approximate surface area is 95.8 Å². The van der Waals surface area contributed by atoms with Crippen molar-refractivity contribution in [1.82, 2.24) is 4.98 Å². The zero-order chi connectivity index (χ0) is 11.6. The maximum atomic E-state index is 12.6. The van der Waals surface area contributed by atoms with Crippen molar-refractivity contribution in [1.29, 1.82) is 0 Å². The van der Waals surface area contributed by atoms with Crippen LogP contribution in [0.5, 0.6) is 0 Å². The van der Waals surface area contributed by atoms with E-state index in [0.717, 1.165) is 11.3 Å². The number of hydrogen-bond acceptors (Lipinski definition) is 4. The fourth-order valence-corrected chi connectivity index (χ4v) is 2.65. The molecule has 0 unspecified atom stereocenters. The standard InChI is InChI=1S/C9H7FN2O2S2/c10-9-11-8(6-15-9)12-16(13,14)7-4-2-1-3-5-7/h1-6,12H. The van der Waals surface area contributed by atoms with Crippen LogP contribution in [-0.2, 0) is 10.0 Å². The molecule has 1 N–H and O–H groups in total. The molecular weight excluding hydrogens is 251 g/mol. The number of benzene rings is 1. The maximum absolute atomic E-state index is 12.6. The van der Waals surface area contributed by atoms with Crippen LogP contribution in [0.15, 0.2) is 40.6 Å². The van der Waals surface area contributed by atoms with E-state index in [9.17, 15) is 12.8 Å². The largest absolute Gasteiger partial charge is 0.270 e. The predicted molar refractivity (Wildman–Crippen MR) is 59.3 cm³/mol. The SMILES string of the molecule is O=S(=O)(Nc1csc(F)n1)c1ccccc1. The summed E-state index contributed by atoms with van der Waals surface area (Å²) in [4.78, 5) is 3.50.